The third-order valence-electron chi connectivity index (χ3n) is 3.59. The molecule has 108 valence electrons. The maximum atomic E-state index is 14.0. The first-order valence-electron chi connectivity index (χ1n) is 6.95. The molecule has 3 rings (SSSR count). The standard InChI is InChI=1S/C17H17FN2O/c1-11-7-8-13(18)12(9-11)15(19-2)10-17-20-14-5-3-4-6-16(14)21-17/h3-9,15,19H,10H2,1-2H3. The molecule has 3 nitrogen and oxygen atoms in total. The number of rotatable bonds is 4. The summed E-state index contributed by atoms with van der Waals surface area (Å²) in [5, 5.41) is 3.14. The van der Waals surface area contributed by atoms with Crippen LogP contribution < -0.4 is 5.32 Å². The number of oxazole rings is 1. The van der Waals surface area contributed by atoms with E-state index in [1.54, 1.807) is 6.07 Å². The number of hydrogen-bond acceptors (Lipinski definition) is 3. The molecule has 0 radical (unpaired) electrons. The predicted molar refractivity (Wildman–Crippen MR) is 80.7 cm³/mol. The Morgan fingerprint density at radius 1 is 1.24 bits per heavy atom. The Hall–Kier alpha value is -2.20. The average molecular weight is 284 g/mol. The van der Waals surface area contributed by atoms with Crippen LogP contribution in [0.1, 0.15) is 23.1 Å². The van der Waals surface area contributed by atoms with Gasteiger partial charge in [0, 0.05) is 18.0 Å². The Balaban J connectivity index is 1.91. The van der Waals surface area contributed by atoms with Gasteiger partial charge in [0.1, 0.15) is 11.3 Å². The summed E-state index contributed by atoms with van der Waals surface area (Å²) < 4.78 is 19.7. The van der Waals surface area contributed by atoms with Crippen LogP contribution >= 0.6 is 0 Å². The second kappa shape index (κ2) is 5.66. The quantitative estimate of drug-likeness (QED) is 0.792. The number of aromatic nitrogens is 1. The number of halogens is 1. The molecular weight excluding hydrogens is 267 g/mol. The van der Waals surface area contributed by atoms with Crippen molar-refractivity contribution in [1.82, 2.24) is 10.3 Å². The van der Waals surface area contributed by atoms with Crippen LogP contribution in [0.2, 0.25) is 0 Å². The van der Waals surface area contributed by atoms with Crippen molar-refractivity contribution in [3.8, 4) is 0 Å². The normalized spacial score (nSPS) is 12.7. The van der Waals surface area contributed by atoms with E-state index in [0.717, 1.165) is 16.7 Å². The molecule has 0 amide bonds. The first-order valence-corrected chi connectivity index (χ1v) is 6.95. The van der Waals surface area contributed by atoms with Crippen LogP contribution in [0, 0.1) is 12.7 Å². The summed E-state index contributed by atoms with van der Waals surface area (Å²) in [5.74, 6) is 0.396. The summed E-state index contributed by atoms with van der Waals surface area (Å²) in [6.07, 6.45) is 0.506. The zero-order valence-electron chi connectivity index (χ0n) is 12.1. The topological polar surface area (TPSA) is 38.1 Å². The summed E-state index contributed by atoms with van der Waals surface area (Å²) in [6, 6.07) is 12.6. The number of fused-ring (bicyclic) bond motifs is 1. The highest BCUT2D eigenvalue weighted by molar-refractivity contribution is 5.72. The molecule has 2 aromatic carbocycles. The minimum absolute atomic E-state index is 0.169. The van der Waals surface area contributed by atoms with Gasteiger partial charge in [-0.05, 0) is 32.2 Å². The van der Waals surface area contributed by atoms with Crippen molar-refractivity contribution in [2.24, 2.45) is 0 Å². The van der Waals surface area contributed by atoms with Crippen LogP contribution in [0.15, 0.2) is 46.9 Å². The molecule has 0 spiro atoms. The Morgan fingerprint density at radius 2 is 2.05 bits per heavy atom. The smallest absolute Gasteiger partial charge is 0.197 e. The molecule has 1 heterocycles. The van der Waals surface area contributed by atoms with Gasteiger partial charge in [-0.2, -0.15) is 0 Å². The zero-order valence-corrected chi connectivity index (χ0v) is 12.1. The molecule has 0 aliphatic rings. The van der Waals surface area contributed by atoms with Crippen LogP contribution in [0.4, 0.5) is 4.39 Å². The number of hydrogen-bond donors (Lipinski definition) is 1. The van der Waals surface area contributed by atoms with Crippen LogP contribution in [-0.4, -0.2) is 12.0 Å². The molecule has 0 aliphatic heterocycles. The molecule has 1 atom stereocenters. The Morgan fingerprint density at radius 3 is 2.81 bits per heavy atom. The number of likely N-dealkylation sites (N-methyl/N-ethyl adjacent to an activating group) is 1. The third kappa shape index (κ3) is 2.81. The molecule has 1 unspecified atom stereocenters. The van der Waals surface area contributed by atoms with Crippen LogP contribution in [0.3, 0.4) is 0 Å². The molecule has 0 bridgehead atoms. The van der Waals surface area contributed by atoms with Crippen molar-refractivity contribution in [2.45, 2.75) is 19.4 Å². The minimum atomic E-state index is -0.212. The van der Waals surface area contributed by atoms with Crippen molar-refractivity contribution < 1.29 is 8.81 Å². The van der Waals surface area contributed by atoms with Crippen molar-refractivity contribution in [3.63, 3.8) is 0 Å². The molecule has 3 aromatic rings. The van der Waals surface area contributed by atoms with E-state index in [1.807, 2.05) is 44.3 Å². The van der Waals surface area contributed by atoms with Gasteiger partial charge in [0.2, 0.25) is 0 Å². The van der Waals surface area contributed by atoms with E-state index < -0.39 is 0 Å². The van der Waals surface area contributed by atoms with Gasteiger partial charge in [-0.15, -0.1) is 0 Å². The molecule has 0 saturated carbocycles. The van der Waals surface area contributed by atoms with Gasteiger partial charge in [0.15, 0.2) is 11.5 Å². The van der Waals surface area contributed by atoms with Gasteiger partial charge >= 0.3 is 0 Å². The van der Waals surface area contributed by atoms with E-state index in [9.17, 15) is 4.39 Å². The fourth-order valence-electron chi connectivity index (χ4n) is 2.48. The number of para-hydroxylation sites is 2. The van der Waals surface area contributed by atoms with Gasteiger partial charge in [0.05, 0.1) is 0 Å². The lowest BCUT2D eigenvalue weighted by Crippen LogP contribution is -2.20. The van der Waals surface area contributed by atoms with Crippen molar-refractivity contribution in [3.05, 3.63) is 65.3 Å². The van der Waals surface area contributed by atoms with Crippen LogP contribution in [0.25, 0.3) is 11.1 Å². The van der Waals surface area contributed by atoms with Gasteiger partial charge in [-0.3, -0.25) is 0 Å². The SMILES string of the molecule is CNC(Cc1nc2ccccc2o1)c1cc(C)ccc1F. The first kappa shape index (κ1) is 13.8. The summed E-state index contributed by atoms with van der Waals surface area (Å²) >= 11 is 0. The summed E-state index contributed by atoms with van der Waals surface area (Å²) in [5.41, 5.74) is 3.25. The molecule has 0 saturated heterocycles. The number of nitrogens with zero attached hydrogens (tertiary/aromatic N) is 1. The second-order valence-electron chi connectivity index (χ2n) is 5.15. The molecule has 21 heavy (non-hydrogen) atoms. The lowest BCUT2D eigenvalue weighted by Gasteiger charge is -2.16. The van der Waals surface area contributed by atoms with Gasteiger partial charge in [-0.25, -0.2) is 9.37 Å². The molecular formula is C17H17FN2O. The van der Waals surface area contributed by atoms with Gasteiger partial charge in [0.25, 0.3) is 0 Å². The Bertz CT molecular complexity index is 733. The molecule has 1 aromatic heterocycles. The maximum absolute atomic E-state index is 14.0. The van der Waals surface area contributed by atoms with E-state index in [4.69, 9.17) is 4.42 Å². The number of benzene rings is 2. The summed E-state index contributed by atoms with van der Waals surface area (Å²) in [6.45, 7) is 1.95. The summed E-state index contributed by atoms with van der Waals surface area (Å²) in [7, 11) is 1.81. The second-order valence-corrected chi connectivity index (χ2v) is 5.15. The fourth-order valence-corrected chi connectivity index (χ4v) is 2.48. The van der Waals surface area contributed by atoms with E-state index >= 15 is 0 Å². The monoisotopic (exact) mass is 284 g/mol. The largest absolute Gasteiger partial charge is 0.441 e. The molecule has 0 aliphatic carbocycles. The predicted octanol–water partition coefficient (Wildman–Crippen LogP) is 3.78. The highest BCUT2D eigenvalue weighted by Gasteiger charge is 2.18. The Labute approximate surface area is 122 Å². The van der Waals surface area contributed by atoms with Crippen molar-refractivity contribution >= 4 is 11.1 Å². The van der Waals surface area contributed by atoms with Crippen molar-refractivity contribution in [1.29, 1.82) is 0 Å². The molecule has 1 N–H and O–H groups in total. The van der Waals surface area contributed by atoms with E-state index in [-0.39, 0.29) is 11.9 Å². The number of aryl methyl sites for hydroxylation is 1. The highest BCUT2D eigenvalue weighted by atomic mass is 19.1. The fraction of sp³-hybridized carbons (Fsp3) is 0.235. The first-order chi connectivity index (χ1) is 10.2. The minimum Gasteiger partial charge on any atom is -0.441 e. The van der Waals surface area contributed by atoms with Gasteiger partial charge in [-0.1, -0.05) is 29.8 Å². The Kier molecular flexibility index (Phi) is 3.71. The lowest BCUT2D eigenvalue weighted by molar-refractivity contribution is 0.461. The molecule has 0 fully saturated rings. The van der Waals surface area contributed by atoms with Crippen LogP contribution in [-0.2, 0) is 6.42 Å². The van der Waals surface area contributed by atoms with E-state index in [2.05, 4.69) is 10.3 Å². The average Bonchev–Trinajstić information content (AvgIpc) is 2.90. The highest BCUT2D eigenvalue weighted by Crippen LogP contribution is 2.24. The maximum Gasteiger partial charge on any atom is 0.197 e. The lowest BCUT2D eigenvalue weighted by atomic mass is 10.0. The van der Waals surface area contributed by atoms with Crippen LogP contribution in [0.5, 0.6) is 0 Å². The van der Waals surface area contributed by atoms with E-state index in [1.165, 1.54) is 6.07 Å². The zero-order chi connectivity index (χ0) is 14.8. The number of nitrogens with one attached hydrogen (secondary N) is 1. The van der Waals surface area contributed by atoms with Crippen molar-refractivity contribution in [2.75, 3.05) is 7.05 Å². The van der Waals surface area contributed by atoms with E-state index in [0.29, 0.717) is 17.9 Å². The third-order valence-corrected chi connectivity index (χ3v) is 3.59. The van der Waals surface area contributed by atoms with Gasteiger partial charge < -0.3 is 9.73 Å². The summed E-state index contributed by atoms with van der Waals surface area (Å²) in [4.78, 5) is 4.45. The molecule has 4 heteroatoms.